The molecule has 1 rings (SSSR count). The summed E-state index contributed by atoms with van der Waals surface area (Å²) in [6.07, 6.45) is -2.91. The second kappa shape index (κ2) is 5.07. The average molecular weight is 252 g/mol. The van der Waals surface area contributed by atoms with E-state index in [9.17, 15) is 13.6 Å². The zero-order chi connectivity index (χ0) is 12.3. The number of carbonyl (C=O) groups is 1. The maximum atomic E-state index is 12.7. The topological polar surface area (TPSA) is 48.4 Å². The molecule has 0 aliphatic heterocycles. The molecule has 7 heteroatoms. The molecule has 0 spiro atoms. The number of methoxy groups -OCH3 is 2. The molecule has 1 aromatic rings. The summed E-state index contributed by atoms with van der Waals surface area (Å²) >= 11 is 5.56. The fourth-order valence-corrected chi connectivity index (χ4v) is 1.32. The standard InChI is InChI=1S/C9H8ClF2NO3/c1-15-4-3-5(10)13-7(9(14)16-2)6(4)8(11)12/h3,8H,1-2H3. The first-order valence-corrected chi connectivity index (χ1v) is 4.50. The first kappa shape index (κ1) is 12.6. The van der Waals surface area contributed by atoms with Gasteiger partial charge in [-0.2, -0.15) is 0 Å². The summed E-state index contributed by atoms with van der Waals surface area (Å²) in [6, 6.07) is 1.11. The molecule has 1 heterocycles. The van der Waals surface area contributed by atoms with E-state index in [-0.39, 0.29) is 10.9 Å². The first-order valence-electron chi connectivity index (χ1n) is 4.12. The minimum absolute atomic E-state index is 0.123. The highest BCUT2D eigenvalue weighted by Crippen LogP contribution is 2.33. The van der Waals surface area contributed by atoms with E-state index < -0.39 is 23.7 Å². The van der Waals surface area contributed by atoms with Gasteiger partial charge in [0.25, 0.3) is 6.43 Å². The lowest BCUT2D eigenvalue weighted by Crippen LogP contribution is -2.10. The Bertz CT molecular complexity index is 412. The SMILES string of the molecule is COC(=O)c1nc(Cl)cc(OC)c1C(F)F. The van der Waals surface area contributed by atoms with Gasteiger partial charge < -0.3 is 9.47 Å². The minimum Gasteiger partial charge on any atom is -0.496 e. The molecule has 0 aromatic carbocycles. The quantitative estimate of drug-likeness (QED) is 0.612. The second-order valence-electron chi connectivity index (χ2n) is 2.70. The van der Waals surface area contributed by atoms with Crippen LogP contribution >= 0.6 is 11.6 Å². The largest absolute Gasteiger partial charge is 0.496 e. The monoisotopic (exact) mass is 251 g/mol. The number of ether oxygens (including phenoxy) is 2. The lowest BCUT2D eigenvalue weighted by Gasteiger charge is -2.11. The first-order chi connectivity index (χ1) is 7.51. The maximum Gasteiger partial charge on any atom is 0.357 e. The van der Waals surface area contributed by atoms with Crippen molar-refractivity contribution in [3.8, 4) is 5.75 Å². The minimum atomic E-state index is -2.91. The lowest BCUT2D eigenvalue weighted by molar-refractivity contribution is 0.0580. The molecule has 0 atom stereocenters. The average Bonchev–Trinajstić information content (AvgIpc) is 2.26. The Morgan fingerprint density at radius 1 is 1.50 bits per heavy atom. The molecule has 16 heavy (non-hydrogen) atoms. The van der Waals surface area contributed by atoms with Crippen LogP contribution in [0.2, 0.25) is 5.15 Å². The van der Waals surface area contributed by atoms with Crippen LogP contribution in [0.25, 0.3) is 0 Å². The third kappa shape index (κ3) is 2.38. The summed E-state index contributed by atoms with van der Waals surface area (Å²) in [4.78, 5) is 14.7. The molecular formula is C9H8ClF2NO3. The Labute approximate surface area is 95.1 Å². The molecule has 0 N–H and O–H groups in total. The van der Waals surface area contributed by atoms with Gasteiger partial charge in [-0.25, -0.2) is 18.6 Å². The van der Waals surface area contributed by atoms with E-state index in [1.54, 1.807) is 0 Å². The Morgan fingerprint density at radius 2 is 2.12 bits per heavy atom. The number of rotatable bonds is 3. The van der Waals surface area contributed by atoms with Crippen LogP contribution in [0.3, 0.4) is 0 Å². The lowest BCUT2D eigenvalue weighted by atomic mass is 10.2. The molecule has 0 amide bonds. The van der Waals surface area contributed by atoms with Gasteiger partial charge >= 0.3 is 5.97 Å². The zero-order valence-corrected chi connectivity index (χ0v) is 9.22. The molecule has 0 fully saturated rings. The van der Waals surface area contributed by atoms with Crippen LogP contribution in [0.5, 0.6) is 5.75 Å². The van der Waals surface area contributed by atoms with Gasteiger partial charge in [0, 0.05) is 6.07 Å². The molecule has 0 unspecified atom stereocenters. The number of aromatic nitrogens is 1. The maximum absolute atomic E-state index is 12.7. The molecule has 88 valence electrons. The van der Waals surface area contributed by atoms with Crippen molar-refractivity contribution >= 4 is 17.6 Å². The summed E-state index contributed by atoms with van der Waals surface area (Å²) in [7, 11) is 2.26. The summed E-state index contributed by atoms with van der Waals surface area (Å²) in [5.74, 6) is -1.19. The van der Waals surface area contributed by atoms with E-state index in [1.807, 2.05) is 0 Å². The van der Waals surface area contributed by atoms with Crippen molar-refractivity contribution in [2.75, 3.05) is 14.2 Å². The van der Waals surface area contributed by atoms with Crippen LogP contribution in [0.15, 0.2) is 6.07 Å². The Balaban J connectivity index is 3.44. The van der Waals surface area contributed by atoms with Gasteiger partial charge in [0.1, 0.15) is 10.9 Å². The Morgan fingerprint density at radius 3 is 2.56 bits per heavy atom. The van der Waals surface area contributed by atoms with E-state index >= 15 is 0 Å². The number of esters is 1. The molecule has 0 bridgehead atoms. The molecule has 0 radical (unpaired) electrons. The smallest absolute Gasteiger partial charge is 0.357 e. The highest BCUT2D eigenvalue weighted by Gasteiger charge is 2.26. The van der Waals surface area contributed by atoms with E-state index in [0.29, 0.717) is 0 Å². The van der Waals surface area contributed by atoms with Crippen molar-refractivity contribution in [1.29, 1.82) is 0 Å². The van der Waals surface area contributed by atoms with Gasteiger partial charge in [-0.15, -0.1) is 0 Å². The molecular weight excluding hydrogens is 244 g/mol. The van der Waals surface area contributed by atoms with Crippen LogP contribution < -0.4 is 4.74 Å². The summed E-state index contributed by atoms with van der Waals surface area (Å²) in [6.45, 7) is 0. The highest BCUT2D eigenvalue weighted by atomic mass is 35.5. The fraction of sp³-hybridized carbons (Fsp3) is 0.333. The number of alkyl halides is 2. The molecule has 0 aliphatic rings. The third-order valence-corrected chi connectivity index (χ3v) is 2.00. The molecule has 0 saturated carbocycles. The van der Waals surface area contributed by atoms with Crippen molar-refractivity contribution in [2.24, 2.45) is 0 Å². The van der Waals surface area contributed by atoms with E-state index in [4.69, 9.17) is 16.3 Å². The number of carbonyl (C=O) groups excluding carboxylic acids is 1. The van der Waals surface area contributed by atoms with Gasteiger partial charge in [0.15, 0.2) is 5.69 Å². The number of halogens is 3. The van der Waals surface area contributed by atoms with Gasteiger partial charge in [-0.1, -0.05) is 11.6 Å². The summed E-state index contributed by atoms with van der Waals surface area (Å²) < 4.78 is 34.5. The van der Waals surface area contributed by atoms with E-state index in [2.05, 4.69) is 9.72 Å². The van der Waals surface area contributed by atoms with Crippen LogP contribution in [-0.2, 0) is 4.74 Å². The van der Waals surface area contributed by atoms with E-state index in [0.717, 1.165) is 13.2 Å². The van der Waals surface area contributed by atoms with Crippen molar-refractivity contribution in [1.82, 2.24) is 4.98 Å². The number of hydrogen-bond donors (Lipinski definition) is 0. The van der Waals surface area contributed by atoms with Gasteiger partial charge in [0.2, 0.25) is 0 Å². The van der Waals surface area contributed by atoms with Gasteiger partial charge in [0.05, 0.1) is 19.8 Å². The molecule has 0 saturated heterocycles. The van der Waals surface area contributed by atoms with Crippen LogP contribution in [0.1, 0.15) is 22.5 Å². The van der Waals surface area contributed by atoms with Crippen LogP contribution in [0.4, 0.5) is 8.78 Å². The highest BCUT2D eigenvalue weighted by molar-refractivity contribution is 6.29. The molecule has 4 nitrogen and oxygen atoms in total. The fourth-order valence-electron chi connectivity index (χ4n) is 1.13. The number of nitrogens with zero attached hydrogens (tertiary/aromatic N) is 1. The molecule has 0 aliphatic carbocycles. The number of pyridine rings is 1. The second-order valence-corrected chi connectivity index (χ2v) is 3.09. The van der Waals surface area contributed by atoms with E-state index in [1.165, 1.54) is 7.11 Å². The summed E-state index contributed by atoms with van der Waals surface area (Å²) in [5.41, 5.74) is -1.17. The Kier molecular flexibility index (Phi) is 4.00. The van der Waals surface area contributed by atoms with Crippen molar-refractivity contribution in [3.05, 3.63) is 22.5 Å². The molecule has 1 aromatic heterocycles. The van der Waals surface area contributed by atoms with Crippen LogP contribution in [0, 0.1) is 0 Å². The summed E-state index contributed by atoms with van der Waals surface area (Å²) in [5, 5.41) is -0.123. The predicted molar refractivity (Wildman–Crippen MR) is 52.1 cm³/mol. The Hall–Kier alpha value is -1.43. The van der Waals surface area contributed by atoms with Crippen LogP contribution in [-0.4, -0.2) is 25.2 Å². The van der Waals surface area contributed by atoms with Gasteiger partial charge in [-0.05, 0) is 0 Å². The van der Waals surface area contributed by atoms with Crippen molar-refractivity contribution < 1.29 is 23.0 Å². The third-order valence-electron chi connectivity index (χ3n) is 1.81. The predicted octanol–water partition coefficient (Wildman–Crippen LogP) is 2.47. The normalized spacial score (nSPS) is 10.4. The zero-order valence-electron chi connectivity index (χ0n) is 8.46. The number of hydrogen-bond acceptors (Lipinski definition) is 4. The van der Waals surface area contributed by atoms with Gasteiger partial charge in [-0.3, -0.25) is 0 Å². The van der Waals surface area contributed by atoms with Crippen molar-refractivity contribution in [3.63, 3.8) is 0 Å². The van der Waals surface area contributed by atoms with Crippen molar-refractivity contribution in [2.45, 2.75) is 6.43 Å².